The third kappa shape index (κ3) is 7.62. The van der Waals surface area contributed by atoms with Gasteiger partial charge in [-0.05, 0) is 49.6 Å². The molecule has 0 aliphatic carbocycles. The molecule has 126 valence electrons. The Balaban J connectivity index is 2.47. The van der Waals surface area contributed by atoms with E-state index in [9.17, 15) is 0 Å². The van der Waals surface area contributed by atoms with Crippen molar-refractivity contribution in [3.05, 3.63) is 0 Å². The number of piperidine rings is 1. The summed E-state index contributed by atoms with van der Waals surface area (Å²) in [7, 11) is 1.83. The summed E-state index contributed by atoms with van der Waals surface area (Å²) in [5.74, 6) is 1.47. The summed E-state index contributed by atoms with van der Waals surface area (Å²) in [6.45, 7) is 16.2. The summed E-state index contributed by atoms with van der Waals surface area (Å²) in [5, 5.41) is 3.68. The number of likely N-dealkylation sites (tertiary alicyclic amines) is 1. The van der Waals surface area contributed by atoms with Crippen LogP contribution in [0.2, 0.25) is 0 Å². The standard InChI is InChI=1S/C18H38N2O/c1-6-9-18(4,14-19-11-16(2)3)15-20-10-7-8-17(12-20)13-21-5/h16-17,19H,6-15H2,1-5H3. The van der Waals surface area contributed by atoms with Gasteiger partial charge in [-0.25, -0.2) is 0 Å². The molecule has 3 heteroatoms. The Morgan fingerprint density at radius 1 is 1.38 bits per heavy atom. The van der Waals surface area contributed by atoms with Crippen molar-refractivity contribution in [1.82, 2.24) is 10.2 Å². The average Bonchev–Trinajstić information content (AvgIpc) is 2.39. The number of rotatable bonds is 10. The third-order valence-corrected chi connectivity index (χ3v) is 4.57. The molecule has 21 heavy (non-hydrogen) atoms. The molecule has 1 rings (SSSR count). The molecule has 2 atom stereocenters. The lowest BCUT2D eigenvalue weighted by Gasteiger charge is -2.40. The predicted octanol–water partition coefficient (Wildman–Crippen LogP) is 3.40. The Labute approximate surface area is 132 Å². The highest BCUT2D eigenvalue weighted by molar-refractivity contribution is 4.83. The van der Waals surface area contributed by atoms with Crippen molar-refractivity contribution in [2.45, 2.75) is 53.4 Å². The molecule has 0 aromatic carbocycles. The van der Waals surface area contributed by atoms with Gasteiger partial charge in [0.25, 0.3) is 0 Å². The van der Waals surface area contributed by atoms with Crippen LogP contribution in [-0.4, -0.2) is 51.3 Å². The molecule has 0 aromatic heterocycles. The molecule has 1 aliphatic rings. The minimum Gasteiger partial charge on any atom is -0.384 e. The Kier molecular flexibility index (Phi) is 8.84. The molecule has 0 radical (unpaired) electrons. The van der Waals surface area contributed by atoms with Crippen LogP contribution in [0.3, 0.4) is 0 Å². The Bertz CT molecular complexity index is 268. The summed E-state index contributed by atoms with van der Waals surface area (Å²) in [4.78, 5) is 2.68. The van der Waals surface area contributed by atoms with Crippen LogP contribution in [0, 0.1) is 17.3 Å². The second-order valence-corrected chi connectivity index (χ2v) is 7.78. The molecule has 0 saturated carbocycles. The molecule has 1 aliphatic heterocycles. The molecule has 1 saturated heterocycles. The van der Waals surface area contributed by atoms with Gasteiger partial charge < -0.3 is 15.0 Å². The normalized spacial score (nSPS) is 23.4. The first-order valence-corrected chi connectivity index (χ1v) is 8.91. The maximum absolute atomic E-state index is 5.36. The SMILES string of the molecule is CCCC(C)(CNCC(C)C)CN1CCCC(COC)C1. The van der Waals surface area contributed by atoms with E-state index in [1.165, 1.54) is 45.3 Å². The molecule has 2 unspecified atom stereocenters. The van der Waals surface area contributed by atoms with Crippen LogP contribution in [0.15, 0.2) is 0 Å². The molecule has 0 spiro atoms. The smallest absolute Gasteiger partial charge is 0.0502 e. The average molecular weight is 299 g/mol. The van der Waals surface area contributed by atoms with Crippen molar-refractivity contribution in [2.75, 3.05) is 46.4 Å². The first kappa shape index (κ1) is 18.9. The van der Waals surface area contributed by atoms with Crippen LogP contribution >= 0.6 is 0 Å². The third-order valence-electron chi connectivity index (χ3n) is 4.57. The van der Waals surface area contributed by atoms with Crippen LogP contribution in [0.5, 0.6) is 0 Å². The van der Waals surface area contributed by atoms with E-state index in [1.54, 1.807) is 0 Å². The van der Waals surface area contributed by atoms with E-state index < -0.39 is 0 Å². The highest BCUT2D eigenvalue weighted by Crippen LogP contribution is 2.27. The molecule has 1 N–H and O–H groups in total. The van der Waals surface area contributed by atoms with E-state index in [1.807, 2.05) is 7.11 Å². The minimum atomic E-state index is 0.401. The van der Waals surface area contributed by atoms with E-state index in [2.05, 4.69) is 37.9 Å². The van der Waals surface area contributed by atoms with Gasteiger partial charge in [0, 0.05) is 26.7 Å². The number of nitrogens with one attached hydrogen (secondary N) is 1. The maximum atomic E-state index is 5.36. The second kappa shape index (κ2) is 9.81. The second-order valence-electron chi connectivity index (χ2n) is 7.78. The summed E-state index contributed by atoms with van der Waals surface area (Å²) in [6, 6.07) is 0. The fourth-order valence-electron chi connectivity index (χ4n) is 3.70. The lowest BCUT2D eigenvalue weighted by molar-refractivity contribution is 0.0636. The fraction of sp³-hybridized carbons (Fsp3) is 1.00. The van der Waals surface area contributed by atoms with Crippen molar-refractivity contribution >= 4 is 0 Å². The molecule has 0 amide bonds. The zero-order chi connectivity index (χ0) is 15.7. The van der Waals surface area contributed by atoms with Gasteiger partial charge in [0.1, 0.15) is 0 Å². The lowest BCUT2D eigenvalue weighted by Crippen LogP contribution is -2.46. The summed E-state index contributed by atoms with van der Waals surface area (Å²) >= 11 is 0. The Morgan fingerprint density at radius 2 is 2.14 bits per heavy atom. The minimum absolute atomic E-state index is 0.401. The van der Waals surface area contributed by atoms with Crippen molar-refractivity contribution in [3.63, 3.8) is 0 Å². The molecule has 0 bridgehead atoms. The summed E-state index contributed by atoms with van der Waals surface area (Å²) < 4.78 is 5.36. The topological polar surface area (TPSA) is 24.5 Å². The van der Waals surface area contributed by atoms with Gasteiger partial charge in [-0.2, -0.15) is 0 Å². The highest BCUT2D eigenvalue weighted by atomic mass is 16.5. The van der Waals surface area contributed by atoms with Crippen LogP contribution < -0.4 is 5.32 Å². The van der Waals surface area contributed by atoms with Gasteiger partial charge in [-0.1, -0.05) is 34.1 Å². The van der Waals surface area contributed by atoms with Gasteiger partial charge >= 0.3 is 0 Å². The number of methoxy groups -OCH3 is 1. The van der Waals surface area contributed by atoms with E-state index in [-0.39, 0.29) is 0 Å². The first-order valence-electron chi connectivity index (χ1n) is 8.91. The largest absolute Gasteiger partial charge is 0.384 e. The lowest BCUT2D eigenvalue weighted by atomic mass is 9.83. The molecular formula is C18H38N2O. The molecule has 1 heterocycles. The quantitative estimate of drug-likeness (QED) is 0.669. The summed E-state index contributed by atoms with van der Waals surface area (Å²) in [5.41, 5.74) is 0.401. The van der Waals surface area contributed by atoms with Crippen LogP contribution in [0.1, 0.15) is 53.4 Å². The Hall–Kier alpha value is -0.120. The zero-order valence-electron chi connectivity index (χ0n) is 15.1. The van der Waals surface area contributed by atoms with Gasteiger partial charge in [0.05, 0.1) is 6.61 Å². The number of ether oxygens (including phenoxy) is 1. The van der Waals surface area contributed by atoms with E-state index in [0.29, 0.717) is 5.41 Å². The summed E-state index contributed by atoms with van der Waals surface area (Å²) in [6.07, 6.45) is 5.24. The van der Waals surface area contributed by atoms with Crippen molar-refractivity contribution in [2.24, 2.45) is 17.3 Å². The van der Waals surface area contributed by atoms with E-state index >= 15 is 0 Å². The van der Waals surface area contributed by atoms with E-state index in [0.717, 1.165) is 31.5 Å². The predicted molar refractivity (Wildman–Crippen MR) is 91.8 cm³/mol. The van der Waals surface area contributed by atoms with Crippen LogP contribution in [0.4, 0.5) is 0 Å². The van der Waals surface area contributed by atoms with Gasteiger partial charge in [0.2, 0.25) is 0 Å². The molecular weight excluding hydrogens is 260 g/mol. The van der Waals surface area contributed by atoms with Crippen LogP contribution in [0.25, 0.3) is 0 Å². The van der Waals surface area contributed by atoms with E-state index in [4.69, 9.17) is 4.74 Å². The Morgan fingerprint density at radius 3 is 2.76 bits per heavy atom. The van der Waals surface area contributed by atoms with Crippen molar-refractivity contribution in [1.29, 1.82) is 0 Å². The van der Waals surface area contributed by atoms with Gasteiger partial charge in [-0.3, -0.25) is 0 Å². The number of nitrogens with zero attached hydrogens (tertiary/aromatic N) is 1. The zero-order valence-corrected chi connectivity index (χ0v) is 15.1. The highest BCUT2D eigenvalue weighted by Gasteiger charge is 2.29. The number of hydrogen-bond acceptors (Lipinski definition) is 3. The van der Waals surface area contributed by atoms with Crippen molar-refractivity contribution < 1.29 is 4.74 Å². The molecule has 3 nitrogen and oxygen atoms in total. The molecule has 1 fully saturated rings. The fourth-order valence-corrected chi connectivity index (χ4v) is 3.70. The molecule has 0 aromatic rings. The van der Waals surface area contributed by atoms with Crippen molar-refractivity contribution in [3.8, 4) is 0 Å². The van der Waals surface area contributed by atoms with Gasteiger partial charge in [-0.15, -0.1) is 0 Å². The van der Waals surface area contributed by atoms with Gasteiger partial charge in [0.15, 0.2) is 0 Å². The first-order chi connectivity index (χ1) is 9.99. The van der Waals surface area contributed by atoms with Crippen LogP contribution in [-0.2, 0) is 4.74 Å². The maximum Gasteiger partial charge on any atom is 0.0502 e. The monoisotopic (exact) mass is 298 g/mol. The number of hydrogen-bond donors (Lipinski definition) is 1.